The Hall–Kier alpha value is -1.30. The van der Waals surface area contributed by atoms with E-state index >= 15 is 0 Å². The van der Waals surface area contributed by atoms with Crippen molar-refractivity contribution in [2.24, 2.45) is 17.8 Å². The average Bonchev–Trinajstić information content (AvgIpc) is 2.44. The van der Waals surface area contributed by atoms with E-state index in [4.69, 9.17) is 4.74 Å². The van der Waals surface area contributed by atoms with Crippen LogP contribution in [0.2, 0.25) is 0 Å². The highest BCUT2D eigenvalue weighted by molar-refractivity contribution is 5.94. The number of nitrogens with zero attached hydrogens (tertiary/aromatic N) is 1. The van der Waals surface area contributed by atoms with E-state index in [0.717, 1.165) is 37.7 Å². The van der Waals surface area contributed by atoms with Crippen LogP contribution < -0.4 is 0 Å². The molecule has 0 heterocycles. The molecule has 1 aliphatic rings. The summed E-state index contributed by atoms with van der Waals surface area (Å²) in [6, 6.07) is 2.05. The second kappa shape index (κ2) is 8.09. The zero-order chi connectivity index (χ0) is 15.1. The normalized spacial score (nSPS) is 22.6. The molecule has 3 atom stereocenters. The molecule has 0 aromatic heterocycles. The summed E-state index contributed by atoms with van der Waals surface area (Å²) < 4.78 is 5.38. The van der Waals surface area contributed by atoms with Crippen molar-refractivity contribution in [1.82, 2.24) is 0 Å². The van der Waals surface area contributed by atoms with E-state index in [1.54, 1.807) is 0 Å². The van der Waals surface area contributed by atoms with Crippen LogP contribution in [-0.4, -0.2) is 12.6 Å². The number of nitriles is 1. The predicted molar refractivity (Wildman–Crippen MR) is 79.8 cm³/mol. The second-order valence-electron chi connectivity index (χ2n) is 5.99. The summed E-state index contributed by atoms with van der Waals surface area (Å²) in [7, 11) is 0. The minimum Gasteiger partial charge on any atom is -0.461 e. The smallest absolute Gasteiger partial charge is 0.348 e. The lowest BCUT2D eigenvalue weighted by Crippen LogP contribution is -2.27. The maximum atomic E-state index is 12.1. The molecule has 3 unspecified atom stereocenters. The molecule has 0 aromatic carbocycles. The number of carbonyl (C=O) groups is 1. The first-order valence-corrected chi connectivity index (χ1v) is 7.86. The quantitative estimate of drug-likeness (QED) is 0.397. The van der Waals surface area contributed by atoms with Crippen molar-refractivity contribution in [2.45, 2.75) is 59.8 Å². The van der Waals surface area contributed by atoms with Crippen molar-refractivity contribution < 1.29 is 9.53 Å². The Morgan fingerprint density at radius 3 is 2.50 bits per heavy atom. The topological polar surface area (TPSA) is 50.1 Å². The number of allylic oxidation sites excluding steroid dienone is 1. The van der Waals surface area contributed by atoms with E-state index in [-0.39, 0.29) is 5.57 Å². The molecule has 0 spiro atoms. The molecule has 1 saturated carbocycles. The highest BCUT2D eigenvalue weighted by Crippen LogP contribution is 2.41. The van der Waals surface area contributed by atoms with Gasteiger partial charge in [0.1, 0.15) is 11.6 Å². The fraction of sp³-hybridized carbons (Fsp3) is 0.765. The van der Waals surface area contributed by atoms with Gasteiger partial charge >= 0.3 is 5.97 Å². The summed E-state index contributed by atoms with van der Waals surface area (Å²) in [6.45, 7) is 8.85. The predicted octanol–water partition coefficient (Wildman–Crippen LogP) is 4.24. The van der Waals surface area contributed by atoms with Gasteiger partial charge in [-0.1, -0.05) is 47.0 Å². The van der Waals surface area contributed by atoms with Gasteiger partial charge in [-0.3, -0.25) is 0 Å². The Morgan fingerprint density at radius 2 is 2.05 bits per heavy atom. The molecule has 1 fully saturated rings. The number of rotatable bonds is 7. The lowest BCUT2D eigenvalue weighted by molar-refractivity contribution is -0.140. The van der Waals surface area contributed by atoms with Crippen LogP contribution in [0.25, 0.3) is 0 Å². The maximum absolute atomic E-state index is 12.1. The van der Waals surface area contributed by atoms with Crippen LogP contribution in [0.4, 0.5) is 0 Å². The van der Waals surface area contributed by atoms with Crippen LogP contribution in [-0.2, 0) is 9.53 Å². The van der Waals surface area contributed by atoms with Gasteiger partial charge in [-0.2, -0.15) is 5.26 Å². The molecule has 0 aromatic rings. The molecule has 0 aliphatic heterocycles. The lowest BCUT2D eigenvalue weighted by atomic mass is 9.70. The summed E-state index contributed by atoms with van der Waals surface area (Å²) in [6.07, 6.45) is 5.48. The van der Waals surface area contributed by atoms with E-state index in [0.29, 0.717) is 24.4 Å². The monoisotopic (exact) mass is 277 g/mol. The zero-order valence-corrected chi connectivity index (χ0v) is 13.2. The van der Waals surface area contributed by atoms with Gasteiger partial charge in [-0.15, -0.1) is 0 Å². The second-order valence-corrected chi connectivity index (χ2v) is 5.99. The van der Waals surface area contributed by atoms with E-state index in [1.165, 1.54) is 0 Å². The van der Waals surface area contributed by atoms with Crippen molar-refractivity contribution >= 4 is 5.97 Å². The van der Waals surface area contributed by atoms with Crippen LogP contribution in [0.1, 0.15) is 59.8 Å². The summed E-state index contributed by atoms with van der Waals surface area (Å²) in [5, 5.41) is 9.22. The first-order valence-electron chi connectivity index (χ1n) is 7.86. The molecule has 0 radical (unpaired) electrons. The Labute approximate surface area is 123 Å². The van der Waals surface area contributed by atoms with E-state index < -0.39 is 5.97 Å². The first kappa shape index (κ1) is 16.8. The summed E-state index contributed by atoms with van der Waals surface area (Å²) in [5.41, 5.74) is 1.24. The van der Waals surface area contributed by atoms with Crippen molar-refractivity contribution in [2.75, 3.05) is 6.61 Å². The van der Waals surface area contributed by atoms with Gasteiger partial charge in [0.05, 0.1) is 6.61 Å². The molecule has 1 rings (SSSR count). The van der Waals surface area contributed by atoms with Crippen LogP contribution in [0, 0.1) is 29.1 Å². The summed E-state index contributed by atoms with van der Waals surface area (Å²) in [4.78, 5) is 12.1. The summed E-state index contributed by atoms with van der Waals surface area (Å²) >= 11 is 0. The van der Waals surface area contributed by atoms with Gasteiger partial charge in [0, 0.05) is 0 Å². The Morgan fingerprint density at radius 1 is 1.40 bits per heavy atom. The Bertz CT molecular complexity index is 396. The maximum Gasteiger partial charge on any atom is 0.348 e. The number of carbonyl (C=O) groups excluding carboxylic acids is 1. The zero-order valence-electron chi connectivity index (χ0n) is 13.2. The lowest BCUT2D eigenvalue weighted by Gasteiger charge is -2.34. The van der Waals surface area contributed by atoms with E-state index in [2.05, 4.69) is 33.8 Å². The molecule has 0 amide bonds. The van der Waals surface area contributed by atoms with E-state index in [1.807, 2.05) is 0 Å². The minimum absolute atomic E-state index is 0.251. The largest absolute Gasteiger partial charge is 0.461 e. The molecule has 0 saturated heterocycles. The number of hydrogen-bond acceptors (Lipinski definition) is 3. The SMILES string of the molecule is CCCCC(CC)COC(=O)C(C#N)=C1C(C)CC1C. The molecule has 1 aliphatic carbocycles. The summed E-state index contributed by atoms with van der Waals surface area (Å²) in [5.74, 6) is 0.680. The third-order valence-corrected chi connectivity index (χ3v) is 4.37. The fourth-order valence-corrected chi connectivity index (χ4v) is 2.99. The molecule has 3 nitrogen and oxygen atoms in total. The van der Waals surface area contributed by atoms with Crippen LogP contribution in [0.5, 0.6) is 0 Å². The highest BCUT2D eigenvalue weighted by atomic mass is 16.5. The van der Waals surface area contributed by atoms with Gasteiger partial charge in [-0.05, 0) is 36.2 Å². The van der Waals surface area contributed by atoms with E-state index in [9.17, 15) is 10.1 Å². The fourth-order valence-electron chi connectivity index (χ4n) is 2.99. The molecule has 0 bridgehead atoms. The van der Waals surface area contributed by atoms with Gasteiger partial charge in [0.15, 0.2) is 0 Å². The van der Waals surface area contributed by atoms with Crippen LogP contribution >= 0.6 is 0 Å². The van der Waals surface area contributed by atoms with Gasteiger partial charge in [0.25, 0.3) is 0 Å². The van der Waals surface area contributed by atoms with Crippen molar-refractivity contribution in [3.8, 4) is 6.07 Å². The van der Waals surface area contributed by atoms with Crippen molar-refractivity contribution in [3.05, 3.63) is 11.1 Å². The van der Waals surface area contributed by atoms with Crippen LogP contribution in [0.15, 0.2) is 11.1 Å². The molecule has 20 heavy (non-hydrogen) atoms. The molecular formula is C17H27NO2. The van der Waals surface area contributed by atoms with Crippen molar-refractivity contribution in [1.29, 1.82) is 5.26 Å². The third-order valence-electron chi connectivity index (χ3n) is 4.37. The minimum atomic E-state index is -0.421. The average molecular weight is 277 g/mol. The van der Waals surface area contributed by atoms with Gasteiger partial charge < -0.3 is 4.74 Å². The standard InChI is InChI=1S/C17H27NO2/c1-5-7-8-14(6-2)11-20-17(19)15(10-18)16-12(3)9-13(16)4/h12-14H,5-9,11H2,1-4H3. The number of unbranched alkanes of at least 4 members (excludes halogenated alkanes) is 1. The Balaban J connectivity index is 2.59. The number of hydrogen-bond donors (Lipinski definition) is 0. The number of esters is 1. The van der Waals surface area contributed by atoms with Crippen molar-refractivity contribution in [3.63, 3.8) is 0 Å². The third kappa shape index (κ3) is 4.10. The Kier molecular flexibility index (Phi) is 6.78. The first-order chi connectivity index (χ1) is 9.54. The number of ether oxygens (including phenoxy) is 1. The van der Waals surface area contributed by atoms with Gasteiger partial charge in [-0.25, -0.2) is 4.79 Å². The molecular weight excluding hydrogens is 250 g/mol. The van der Waals surface area contributed by atoms with Crippen LogP contribution in [0.3, 0.4) is 0 Å². The molecule has 0 N–H and O–H groups in total. The highest BCUT2D eigenvalue weighted by Gasteiger charge is 2.34. The van der Waals surface area contributed by atoms with Gasteiger partial charge in [0.2, 0.25) is 0 Å². The molecule has 3 heteroatoms. The molecule has 112 valence electrons.